The summed E-state index contributed by atoms with van der Waals surface area (Å²) in [6.45, 7) is 6.57. The molecule has 0 unspecified atom stereocenters. The van der Waals surface area contributed by atoms with Gasteiger partial charge < -0.3 is 10.1 Å². The lowest BCUT2D eigenvalue weighted by molar-refractivity contribution is 0.164. The molecule has 1 saturated heterocycles. The molecule has 0 aromatic heterocycles. The molecule has 0 saturated carbocycles. The minimum Gasteiger partial charge on any atom is -0.445 e. The highest BCUT2D eigenvalue weighted by molar-refractivity contribution is 5.91. The Morgan fingerprint density at radius 1 is 1.40 bits per heavy atom. The van der Waals surface area contributed by atoms with Crippen LogP contribution in [0.2, 0.25) is 0 Å². The van der Waals surface area contributed by atoms with Gasteiger partial charge in [0.2, 0.25) is 0 Å². The van der Waals surface area contributed by atoms with Gasteiger partial charge in [0.1, 0.15) is 6.61 Å². The minimum atomic E-state index is -0.271. The third kappa shape index (κ3) is 2.10. The summed E-state index contributed by atoms with van der Waals surface area (Å²) in [5.41, 5.74) is 2.38. The average Bonchev–Trinajstić information content (AvgIpc) is 2.81. The van der Waals surface area contributed by atoms with Crippen LogP contribution in [0.4, 0.5) is 10.5 Å². The first kappa shape index (κ1) is 13.2. The van der Waals surface area contributed by atoms with Crippen LogP contribution in [-0.4, -0.2) is 32.3 Å². The molecule has 1 aromatic carbocycles. The first-order chi connectivity index (χ1) is 9.77. The predicted octanol–water partition coefficient (Wildman–Crippen LogP) is 2.45. The highest BCUT2D eigenvalue weighted by Gasteiger charge is 2.45. The van der Waals surface area contributed by atoms with Crippen LogP contribution in [0.15, 0.2) is 36.9 Å². The van der Waals surface area contributed by atoms with E-state index in [-0.39, 0.29) is 18.1 Å². The number of rotatable bonds is 2. The van der Waals surface area contributed by atoms with E-state index in [0.29, 0.717) is 0 Å². The van der Waals surface area contributed by atoms with Crippen molar-refractivity contribution in [3.05, 3.63) is 42.5 Å². The van der Waals surface area contributed by atoms with E-state index in [1.54, 1.807) is 11.0 Å². The molecule has 1 aromatic rings. The zero-order valence-electron chi connectivity index (χ0n) is 11.6. The standard InChI is InChI=1S/C16H20N2O2/c1-2-11-20-15(19)18-12-16(7-9-17-10-8-16)13-5-3-4-6-14(13)18/h2-6,17H,1,7-12H2. The summed E-state index contributed by atoms with van der Waals surface area (Å²) in [5.74, 6) is 0. The number of anilines is 1. The summed E-state index contributed by atoms with van der Waals surface area (Å²) in [7, 11) is 0. The number of nitrogens with one attached hydrogen (secondary N) is 1. The Morgan fingerprint density at radius 2 is 2.15 bits per heavy atom. The summed E-state index contributed by atoms with van der Waals surface area (Å²) in [6, 6.07) is 8.20. The molecule has 1 N–H and O–H groups in total. The van der Waals surface area contributed by atoms with Gasteiger partial charge in [0, 0.05) is 12.0 Å². The Hall–Kier alpha value is -1.81. The van der Waals surface area contributed by atoms with Crippen molar-refractivity contribution in [3.8, 4) is 0 Å². The van der Waals surface area contributed by atoms with Crippen molar-refractivity contribution in [2.45, 2.75) is 18.3 Å². The van der Waals surface area contributed by atoms with Crippen molar-refractivity contribution in [3.63, 3.8) is 0 Å². The monoisotopic (exact) mass is 272 g/mol. The molecule has 0 radical (unpaired) electrons. The smallest absolute Gasteiger partial charge is 0.414 e. The van der Waals surface area contributed by atoms with Crippen molar-refractivity contribution in [2.75, 3.05) is 31.1 Å². The molecule has 0 atom stereocenters. The van der Waals surface area contributed by atoms with E-state index >= 15 is 0 Å². The molecule has 0 aliphatic carbocycles. The third-order valence-corrected chi connectivity index (χ3v) is 4.33. The van der Waals surface area contributed by atoms with Crippen LogP contribution in [0.1, 0.15) is 18.4 Å². The fourth-order valence-corrected chi connectivity index (χ4v) is 3.33. The van der Waals surface area contributed by atoms with E-state index in [2.05, 4.69) is 24.0 Å². The second kappa shape index (κ2) is 5.29. The van der Waals surface area contributed by atoms with Gasteiger partial charge in [0.25, 0.3) is 0 Å². The maximum absolute atomic E-state index is 12.2. The van der Waals surface area contributed by atoms with Crippen LogP contribution in [0.5, 0.6) is 0 Å². The average molecular weight is 272 g/mol. The molecule has 2 aliphatic rings. The molecule has 3 rings (SSSR count). The van der Waals surface area contributed by atoms with Crippen LogP contribution in [-0.2, 0) is 10.2 Å². The Labute approximate surface area is 119 Å². The first-order valence-electron chi connectivity index (χ1n) is 7.12. The zero-order chi connectivity index (χ0) is 14.0. The van der Waals surface area contributed by atoms with Crippen LogP contribution in [0.25, 0.3) is 0 Å². The maximum atomic E-state index is 12.2. The zero-order valence-corrected chi connectivity index (χ0v) is 11.6. The second-order valence-electron chi connectivity index (χ2n) is 5.50. The number of hydrogen-bond donors (Lipinski definition) is 1. The largest absolute Gasteiger partial charge is 0.445 e. The Bertz CT molecular complexity index is 521. The third-order valence-electron chi connectivity index (χ3n) is 4.33. The van der Waals surface area contributed by atoms with E-state index < -0.39 is 0 Å². The fraction of sp³-hybridized carbons (Fsp3) is 0.438. The molecular weight excluding hydrogens is 252 g/mol. The van der Waals surface area contributed by atoms with Crippen molar-refractivity contribution in [1.29, 1.82) is 0 Å². The molecule has 2 aliphatic heterocycles. The summed E-state index contributed by atoms with van der Waals surface area (Å²) in [4.78, 5) is 14.0. The van der Waals surface area contributed by atoms with Gasteiger partial charge in [0.05, 0.1) is 5.69 Å². The number of hydrogen-bond acceptors (Lipinski definition) is 3. The highest BCUT2D eigenvalue weighted by Crippen LogP contribution is 2.46. The van der Waals surface area contributed by atoms with Gasteiger partial charge in [-0.05, 0) is 37.6 Å². The van der Waals surface area contributed by atoms with E-state index in [1.165, 1.54) is 5.56 Å². The van der Waals surface area contributed by atoms with Crippen molar-refractivity contribution < 1.29 is 9.53 Å². The van der Waals surface area contributed by atoms with Gasteiger partial charge in [-0.25, -0.2) is 4.79 Å². The molecule has 1 fully saturated rings. The molecule has 4 heteroatoms. The molecule has 106 valence electrons. The summed E-state index contributed by atoms with van der Waals surface area (Å²) >= 11 is 0. The van der Waals surface area contributed by atoms with E-state index in [0.717, 1.165) is 38.2 Å². The Balaban J connectivity index is 1.92. The van der Waals surface area contributed by atoms with Crippen molar-refractivity contribution in [2.24, 2.45) is 0 Å². The number of piperidine rings is 1. The molecule has 1 spiro atoms. The van der Waals surface area contributed by atoms with E-state index in [1.807, 2.05) is 12.1 Å². The second-order valence-corrected chi connectivity index (χ2v) is 5.50. The molecule has 4 nitrogen and oxygen atoms in total. The SMILES string of the molecule is C=CCOC(=O)N1CC2(CCNCC2)c2ccccc21. The summed E-state index contributed by atoms with van der Waals surface area (Å²) < 4.78 is 5.22. The van der Waals surface area contributed by atoms with Crippen molar-refractivity contribution in [1.82, 2.24) is 5.32 Å². The maximum Gasteiger partial charge on any atom is 0.414 e. The number of carbonyl (C=O) groups excluding carboxylic acids is 1. The van der Waals surface area contributed by atoms with Gasteiger partial charge in [-0.1, -0.05) is 30.9 Å². The first-order valence-corrected chi connectivity index (χ1v) is 7.12. The van der Waals surface area contributed by atoms with Gasteiger partial charge in [-0.3, -0.25) is 4.90 Å². The van der Waals surface area contributed by atoms with Gasteiger partial charge in [-0.2, -0.15) is 0 Å². The highest BCUT2D eigenvalue weighted by atomic mass is 16.6. The molecule has 0 bridgehead atoms. The number of amides is 1. The summed E-state index contributed by atoms with van der Waals surface area (Å²) in [5, 5.41) is 3.40. The molecule has 2 heterocycles. The minimum absolute atomic E-state index is 0.0923. The number of nitrogens with zero attached hydrogens (tertiary/aromatic N) is 1. The van der Waals surface area contributed by atoms with Crippen LogP contribution < -0.4 is 10.2 Å². The summed E-state index contributed by atoms with van der Waals surface area (Å²) in [6.07, 6.45) is 3.46. The lowest BCUT2D eigenvalue weighted by atomic mass is 9.75. The lowest BCUT2D eigenvalue weighted by Gasteiger charge is -2.34. The number of fused-ring (bicyclic) bond motifs is 2. The lowest BCUT2D eigenvalue weighted by Crippen LogP contribution is -2.44. The number of benzene rings is 1. The van der Waals surface area contributed by atoms with E-state index in [4.69, 9.17) is 4.74 Å². The van der Waals surface area contributed by atoms with E-state index in [9.17, 15) is 4.79 Å². The topological polar surface area (TPSA) is 41.6 Å². The fourth-order valence-electron chi connectivity index (χ4n) is 3.33. The molecular formula is C16H20N2O2. The molecule has 1 amide bonds. The quantitative estimate of drug-likeness (QED) is 0.841. The number of carbonyl (C=O) groups is 1. The molecule has 20 heavy (non-hydrogen) atoms. The Morgan fingerprint density at radius 3 is 2.90 bits per heavy atom. The van der Waals surface area contributed by atoms with Crippen molar-refractivity contribution >= 4 is 11.8 Å². The van der Waals surface area contributed by atoms with Crippen LogP contribution in [0.3, 0.4) is 0 Å². The number of ether oxygens (including phenoxy) is 1. The normalized spacial score (nSPS) is 19.7. The van der Waals surface area contributed by atoms with Crippen LogP contribution in [0, 0.1) is 0 Å². The predicted molar refractivity (Wildman–Crippen MR) is 79.1 cm³/mol. The number of para-hydroxylation sites is 1. The van der Waals surface area contributed by atoms with Gasteiger partial charge >= 0.3 is 6.09 Å². The van der Waals surface area contributed by atoms with Gasteiger partial charge in [0.15, 0.2) is 0 Å². The Kier molecular flexibility index (Phi) is 3.49. The van der Waals surface area contributed by atoms with Gasteiger partial charge in [-0.15, -0.1) is 0 Å². The van der Waals surface area contributed by atoms with Crippen LogP contribution >= 0.6 is 0 Å².